The third kappa shape index (κ3) is 61.7. The van der Waals surface area contributed by atoms with Crippen LogP contribution in [0.25, 0.3) is 0 Å². The van der Waals surface area contributed by atoms with Crippen molar-refractivity contribution in [3.63, 3.8) is 0 Å². The molecule has 0 N–H and O–H groups in total. The van der Waals surface area contributed by atoms with E-state index in [1.54, 1.807) is 0 Å². The lowest BCUT2D eigenvalue weighted by molar-refractivity contribution is -0.167. The van der Waals surface area contributed by atoms with Gasteiger partial charge in [-0.2, -0.15) is 0 Å². The largest absolute Gasteiger partial charge is 0.462 e. The predicted molar refractivity (Wildman–Crippen MR) is 330 cm³/mol. The van der Waals surface area contributed by atoms with Crippen LogP contribution < -0.4 is 0 Å². The van der Waals surface area contributed by atoms with Gasteiger partial charge in [0.2, 0.25) is 0 Å². The van der Waals surface area contributed by atoms with Gasteiger partial charge in [-0.15, -0.1) is 0 Å². The molecule has 76 heavy (non-hydrogen) atoms. The lowest BCUT2D eigenvalue weighted by atomic mass is 10.0. The summed E-state index contributed by atoms with van der Waals surface area (Å²) in [6.45, 7) is 6.52. The van der Waals surface area contributed by atoms with Crippen LogP contribution in [0.3, 0.4) is 0 Å². The molecule has 0 aliphatic carbocycles. The lowest BCUT2D eigenvalue weighted by Crippen LogP contribution is -2.30. The number of carbonyl (C=O) groups excluding carboxylic acids is 3. The average molecular weight is 1060 g/mol. The van der Waals surface area contributed by atoms with Crippen molar-refractivity contribution in [2.45, 2.75) is 341 Å². The zero-order valence-corrected chi connectivity index (χ0v) is 50.5. The first-order chi connectivity index (χ1) is 37.5. The Balaban J connectivity index is 4.26. The molecule has 0 radical (unpaired) electrons. The maximum absolute atomic E-state index is 12.9. The quantitative estimate of drug-likeness (QED) is 0.0261. The number of esters is 3. The lowest BCUT2D eigenvalue weighted by Gasteiger charge is -2.18. The monoisotopic (exact) mass is 1060 g/mol. The fourth-order valence-corrected chi connectivity index (χ4v) is 9.51. The topological polar surface area (TPSA) is 78.9 Å². The summed E-state index contributed by atoms with van der Waals surface area (Å²) in [4.78, 5) is 38.3. The second-order valence-electron chi connectivity index (χ2n) is 22.0. The van der Waals surface area contributed by atoms with Crippen molar-refractivity contribution < 1.29 is 28.6 Å². The molecule has 1 atom stereocenters. The van der Waals surface area contributed by atoms with Gasteiger partial charge in [-0.25, -0.2) is 0 Å². The van der Waals surface area contributed by atoms with Crippen LogP contribution in [0, 0.1) is 0 Å². The van der Waals surface area contributed by atoms with Gasteiger partial charge >= 0.3 is 17.9 Å². The van der Waals surface area contributed by atoms with Crippen molar-refractivity contribution in [1.82, 2.24) is 0 Å². The van der Waals surface area contributed by atoms with Crippen molar-refractivity contribution in [1.29, 1.82) is 0 Å². The Morgan fingerprint density at radius 3 is 0.855 bits per heavy atom. The van der Waals surface area contributed by atoms with Crippen LogP contribution in [0.4, 0.5) is 0 Å². The van der Waals surface area contributed by atoms with Crippen molar-refractivity contribution in [3.05, 3.63) is 72.9 Å². The van der Waals surface area contributed by atoms with Gasteiger partial charge in [0.05, 0.1) is 0 Å². The molecule has 0 rings (SSSR count). The zero-order chi connectivity index (χ0) is 55.0. The molecule has 0 saturated heterocycles. The van der Waals surface area contributed by atoms with Gasteiger partial charge in [0.15, 0.2) is 6.10 Å². The molecule has 0 bridgehead atoms. The van der Waals surface area contributed by atoms with Gasteiger partial charge < -0.3 is 14.2 Å². The maximum Gasteiger partial charge on any atom is 0.306 e. The van der Waals surface area contributed by atoms with Crippen molar-refractivity contribution in [2.24, 2.45) is 0 Å². The summed E-state index contributed by atoms with van der Waals surface area (Å²) in [5.74, 6) is -0.885. The molecular formula is C70H124O6. The molecule has 6 nitrogen and oxygen atoms in total. The van der Waals surface area contributed by atoms with Crippen molar-refractivity contribution in [2.75, 3.05) is 13.2 Å². The average Bonchev–Trinajstić information content (AvgIpc) is 3.42. The highest BCUT2D eigenvalue weighted by atomic mass is 16.6. The van der Waals surface area contributed by atoms with E-state index in [1.165, 1.54) is 193 Å². The molecule has 0 spiro atoms. The highest BCUT2D eigenvalue weighted by molar-refractivity contribution is 5.71. The van der Waals surface area contributed by atoms with E-state index in [2.05, 4.69) is 93.7 Å². The third-order valence-corrected chi connectivity index (χ3v) is 14.4. The minimum absolute atomic E-state index is 0.0796. The van der Waals surface area contributed by atoms with E-state index in [-0.39, 0.29) is 31.1 Å². The Morgan fingerprint density at radius 1 is 0.276 bits per heavy atom. The number of rotatable bonds is 60. The molecule has 0 aromatic carbocycles. The maximum atomic E-state index is 12.9. The Morgan fingerprint density at radius 2 is 0.526 bits per heavy atom. The van der Waals surface area contributed by atoms with Crippen molar-refractivity contribution >= 4 is 17.9 Å². The summed E-state index contributed by atoms with van der Waals surface area (Å²) >= 11 is 0. The van der Waals surface area contributed by atoms with Gasteiger partial charge in [-0.1, -0.05) is 306 Å². The Hall–Kier alpha value is -3.15. The van der Waals surface area contributed by atoms with E-state index in [9.17, 15) is 14.4 Å². The first-order valence-electron chi connectivity index (χ1n) is 32.9. The summed E-state index contributed by atoms with van der Waals surface area (Å²) in [7, 11) is 0. The van der Waals surface area contributed by atoms with Crippen LogP contribution >= 0.6 is 0 Å². The number of ether oxygens (including phenoxy) is 3. The molecule has 0 aliphatic rings. The normalized spacial score (nSPS) is 12.5. The summed E-state index contributed by atoms with van der Waals surface area (Å²) in [6.07, 6.45) is 83.5. The van der Waals surface area contributed by atoms with Gasteiger partial charge in [0, 0.05) is 19.3 Å². The van der Waals surface area contributed by atoms with E-state index >= 15 is 0 Å². The SMILES string of the molecule is CC/C=C\C/C=C\C/C=C\C/C=C\C/C=C\CCCCCCCCCC(=O)OC(COC(=O)CCCCCCC/C=C\CCCC)COC(=O)CCCCCCCCCCCCCCCCCCCCCCCCCC. The predicted octanol–water partition coefficient (Wildman–Crippen LogP) is 22.5. The highest BCUT2D eigenvalue weighted by Crippen LogP contribution is 2.17. The third-order valence-electron chi connectivity index (χ3n) is 14.4. The molecule has 0 aliphatic heterocycles. The van der Waals surface area contributed by atoms with Crippen LogP contribution in [0.5, 0.6) is 0 Å². The molecule has 0 aromatic rings. The summed E-state index contributed by atoms with van der Waals surface area (Å²) < 4.78 is 16.9. The highest BCUT2D eigenvalue weighted by Gasteiger charge is 2.19. The molecule has 1 unspecified atom stereocenters. The Kier molecular flexibility index (Phi) is 61.7. The van der Waals surface area contributed by atoms with E-state index < -0.39 is 6.10 Å². The Labute approximate surface area is 472 Å². The summed E-state index contributed by atoms with van der Waals surface area (Å²) in [6, 6.07) is 0. The number of allylic oxidation sites excluding steroid dienone is 12. The van der Waals surface area contributed by atoms with Crippen LogP contribution in [0.15, 0.2) is 72.9 Å². The molecule has 0 aromatic heterocycles. The molecule has 0 amide bonds. The van der Waals surface area contributed by atoms with Gasteiger partial charge in [-0.3, -0.25) is 14.4 Å². The minimum Gasteiger partial charge on any atom is -0.462 e. The number of carbonyl (C=O) groups is 3. The standard InChI is InChI=1S/C70H124O6/c1-4-7-10-13-16-19-22-24-26-28-30-32-34-36-37-39-41-43-45-48-51-54-57-60-63-69(72)75-66-67(65-74-68(71)62-59-56-53-50-47-21-18-15-12-9-6-3)76-70(73)64-61-58-55-52-49-46-44-42-40-38-35-33-31-29-27-25-23-20-17-14-11-8-5-2/h8,11,15,17-18,20,25,27,31,33,38,40,67H,4-7,9-10,12-14,16,19,21-24,26,28-30,32,34-37,39,41-66H2,1-3H3/b11-8-,18-15-,20-17-,27-25-,33-31-,40-38-. The zero-order valence-electron chi connectivity index (χ0n) is 50.5. The second kappa shape index (κ2) is 64.4. The minimum atomic E-state index is -0.784. The van der Waals surface area contributed by atoms with E-state index in [0.29, 0.717) is 19.3 Å². The van der Waals surface area contributed by atoms with Gasteiger partial charge in [0.1, 0.15) is 13.2 Å². The number of hydrogen-bond donors (Lipinski definition) is 0. The smallest absolute Gasteiger partial charge is 0.306 e. The van der Waals surface area contributed by atoms with Crippen LogP contribution in [0.1, 0.15) is 335 Å². The van der Waals surface area contributed by atoms with Crippen LogP contribution in [0.2, 0.25) is 0 Å². The molecule has 440 valence electrons. The molecule has 0 heterocycles. The van der Waals surface area contributed by atoms with Crippen molar-refractivity contribution in [3.8, 4) is 0 Å². The van der Waals surface area contributed by atoms with Crippen LogP contribution in [-0.2, 0) is 28.6 Å². The van der Waals surface area contributed by atoms with E-state index in [4.69, 9.17) is 14.2 Å². The fraction of sp³-hybridized carbons (Fsp3) is 0.786. The fourth-order valence-electron chi connectivity index (χ4n) is 9.51. The number of unbranched alkanes of at least 4 members (excludes halogenated alkanes) is 37. The molecule has 0 saturated carbocycles. The second-order valence-corrected chi connectivity index (χ2v) is 22.0. The molecular weight excluding hydrogens is 937 g/mol. The first kappa shape index (κ1) is 72.8. The van der Waals surface area contributed by atoms with Gasteiger partial charge in [-0.05, 0) is 83.5 Å². The first-order valence-corrected chi connectivity index (χ1v) is 32.9. The van der Waals surface area contributed by atoms with Crippen LogP contribution in [-0.4, -0.2) is 37.2 Å². The summed E-state index contributed by atoms with van der Waals surface area (Å²) in [5, 5.41) is 0. The Bertz CT molecular complexity index is 1400. The molecule has 6 heteroatoms. The molecule has 0 fully saturated rings. The number of hydrogen-bond acceptors (Lipinski definition) is 6. The van der Waals surface area contributed by atoms with E-state index in [1.807, 2.05) is 0 Å². The van der Waals surface area contributed by atoms with E-state index in [0.717, 1.165) is 103 Å². The summed E-state index contributed by atoms with van der Waals surface area (Å²) in [5.41, 5.74) is 0. The van der Waals surface area contributed by atoms with Gasteiger partial charge in [0.25, 0.3) is 0 Å².